The first-order valence-corrected chi connectivity index (χ1v) is 9.92. The Morgan fingerprint density at radius 2 is 1.41 bits per heavy atom. The fourth-order valence-electron chi connectivity index (χ4n) is 3.17. The highest BCUT2D eigenvalue weighted by molar-refractivity contribution is 5.88. The predicted molar refractivity (Wildman–Crippen MR) is 125 cm³/mol. The number of rotatable bonds is 7. The van der Waals surface area contributed by atoms with Crippen LogP contribution in [0.5, 0.6) is 17.2 Å². The van der Waals surface area contributed by atoms with Crippen LogP contribution in [0.1, 0.15) is 5.56 Å². The van der Waals surface area contributed by atoms with E-state index >= 15 is 0 Å². The van der Waals surface area contributed by atoms with E-state index in [4.69, 9.17) is 9.47 Å². The van der Waals surface area contributed by atoms with Gasteiger partial charge in [0.15, 0.2) is 0 Å². The summed E-state index contributed by atoms with van der Waals surface area (Å²) in [4.78, 5) is 9.21. The summed E-state index contributed by atoms with van der Waals surface area (Å²) in [5, 5.41) is 14.5. The molecule has 0 bridgehead atoms. The van der Waals surface area contributed by atoms with Crippen molar-refractivity contribution in [2.45, 2.75) is 0 Å². The van der Waals surface area contributed by atoms with Crippen molar-refractivity contribution in [2.24, 2.45) is 5.10 Å². The molecule has 0 saturated carbocycles. The zero-order valence-corrected chi connectivity index (χ0v) is 17.7. The fraction of sp³-hybridized carbons (Fsp3) is 0.0800. The van der Waals surface area contributed by atoms with E-state index in [9.17, 15) is 5.11 Å². The van der Waals surface area contributed by atoms with E-state index in [1.807, 2.05) is 66.7 Å². The molecule has 32 heavy (non-hydrogen) atoms. The van der Waals surface area contributed by atoms with Crippen LogP contribution in [0.3, 0.4) is 0 Å². The van der Waals surface area contributed by atoms with E-state index in [0.29, 0.717) is 23.0 Å². The van der Waals surface area contributed by atoms with Gasteiger partial charge in [0.2, 0.25) is 5.95 Å². The summed E-state index contributed by atoms with van der Waals surface area (Å²) in [6.07, 6.45) is 1.45. The molecule has 1 aromatic heterocycles. The number of aromatic nitrogens is 2. The number of phenols is 1. The second-order valence-electron chi connectivity index (χ2n) is 6.83. The van der Waals surface area contributed by atoms with Crippen LogP contribution in [0.2, 0.25) is 0 Å². The summed E-state index contributed by atoms with van der Waals surface area (Å²) in [5.41, 5.74) is 6.74. The lowest BCUT2D eigenvalue weighted by molar-refractivity contribution is 0.384. The lowest BCUT2D eigenvalue weighted by Gasteiger charge is -2.10. The highest BCUT2D eigenvalue weighted by Gasteiger charge is 2.11. The molecule has 0 amide bonds. The summed E-state index contributed by atoms with van der Waals surface area (Å²) >= 11 is 0. The van der Waals surface area contributed by atoms with Crippen LogP contribution in [0.4, 0.5) is 5.95 Å². The van der Waals surface area contributed by atoms with Crippen molar-refractivity contribution in [3.05, 3.63) is 84.4 Å². The molecule has 0 radical (unpaired) electrons. The van der Waals surface area contributed by atoms with Gasteiger partial charge in [0.1, 0.15) is 17.2 Å². The van der Waals surface area contributed by atoms with Crippen LogP contribution in [0.15, 0.2) is 84.0 Å². The van der Waals surface area contributed by atoms with Crippen LogP contribution in [-0.2, 0) is 0 Å². The Kier molecular flexibility index (Phi) is 6.27. The maximum Gasteiger partial charge on any atom is 0.244 e. The Morgan fingerprint density at radius 3 is 1.94 bits per heavy atom. The number of nitrogens with zero attached hydrogens (tertiary/aromatic N) is 3. The summed E-state index contributed by atoms with van der Waals surface area (Å²) in [7, 11) is 3.03. The van der Waals surface area contributed by atoms with Crippen molar-refractivity contribution in [1.29, 1.82) is 0 Å². The van der Waals surface area contributed by atoms with Gasteiger partial charge in [0.05, 0.1) is 37.4 Å². The van der Waals surface area contributed by atoms with Crippen molar-refractivity contribution < 1.29 is 14.6 Å². The Hall–Kier alpha value is -4.39. The first kappa shape index (κ1) is 20.9. The molecule has 7 heteroatoms. The van der Waals surface area contributed by atoms with Gasteiger partial charge < -0.3 is 14.6 Å². The van der Waals surface area contributed by atoms with Gasteiger partial charge in [-0.2, -0.15) is 5.10 Å². The monoisotopic (exact) mass is 426 g/mol. The predicted octanol–water partition coefficient (Wildman–Crippen LogP) is 4.98. The molecule has 1 heterocycles. The zero-order valence-electron chi connectivity index (χ0n) is 17.7. The molecular formula is C25H22N4O3. The molecular weight excluding hydrogens is 404 g/mol. The molecule has 4 rings (SSSR count). The van der Waals surface area contributed by atoms with Crippen molar-refractivity contribution in [3.8, 4) is 39.8 Å². The van der Waals surface area contributed by atoms with Crippen LogP contribution in [-0.4, -0.2) is 35.5 Å². The molecule has 0 unspecified atom stereocenters. The maximum atomic E-state index is 10.3. The van der Waals surface area contributed by atoms with Gasteiger partial charge >= 0.3 is 0 Å². The number of methoxy groups -OCH3 is 2. The van der Waals surface area contributed by atoms with E-state index in [1.54, 1.807) is 6.07 Å². The molecule has 0 fully saturated rings. The molecule has 0 aliphatic heterocycles. The number of anilines is 1. The number of nitrogens with one attached hydrogen (secondary N) is 1. The Labute approximate surface area is 186 Å². The summed E-state index contributed by atoms with van der Waals surface area (Å²) in [6.45, 7) is 0. The number of aromatic hydroxyl groups is 1. The molecule has 3 aromatic carbocycles. The Morgan fingerprint density at radius 1 is 0.812 bits per heavy atom. The van der Waals surface area contributed by atoms with Crippen molar-refractivity contribution in [1.82, 2.24) is 9.97 Å². The molecule has 0 spiro atoms. The van der Waals surface area contributed by atoms with Gasteiger partial charge in [-0.25, -0.2) is 15.4 Å². The Balaban J connectivity index is 1.68. The third-order valence-electron chi connectivity index (χ3n) is 4.77. The number of hydrazone groups is 1. The van der Waals surface area contributed by atoms with Gasteiger partial charge in [-0.15, -0.1) is 0 Å². The highest BCUT2D eigenvalue weighted by Crippen LogP contribution is 2.32. The standard InChI is InChI=1S/C25H22N4O3/c1-31-19-13-23(30)20(24(14-19)32-2)16-26-29-25-27-21(17-9-5-3-6-10-17)15-22(28-25)18-11-7-4-8-12-18/h3-16,30H,1-2H3,(H,27,28,29)/b26-16+. The van der Waals surface area contributed by atoms with E-state index in [-0.39, 0.29) is 5.75 Å². The summed E-state index contributed by atoms with van der Waals surface area (Å²) < 4.78 is 10.5. The van der Waals surface area contributed by atoms with Gasteiger partial charge in [-0.3, -0.25) is 0 Å². The molecule has 160 valence electrons. The number of hydrogen-bond donors (Lipinski definition) is 2. The second kappa shape index (κ2) is 9.61. The minimum atomic E-state index is -0.0179. The molecule has 4 aromatic rings. The van der Waals surface area contributed by atoms with E-state index in [1.165, 1.54) is 26.5 Å². The molecule has 2 N–H and O–H groups in total. The van der Waals surface area contributed by atoms with E-state index < -0.39 is 0 Å². The second-order valence-corrected chi connectivity index (χ2v) is 6.83. The average Bonchev–Trinajstić information content (AvgIpc) is 2.85. The third kappa shape index (κ3) is 4.67. The number of hydrogen-bond acceptors (Lipinski definition) is 7. The van der Waals surface area contributed by atoms with Crippen LogP contribution >= 0.6 is 0 Å². The number of ether oxygens (including phenoxy) is 2. The number of phenolic OH excluding ortho intramolecular Hbond substituents is 1. The van der Waals surface area contributed by atoms with Crippen LogP contribution < -0.4 is 14.9 Å². The lowest BCUT2D eigenvalue weighted by Crippen LogP contribution is -2.01. The van der Waals surface area contributed by atoms with Gasteiger partial charge in [-0.1, -0.05) is 60.7 Å². The minimum Gasteiger partial charge on any atom is -0.507 e. The highest BCUT2D eigenvalue weighted by atomic mass is 16.5. The smallest absolute Gasteiger partial charge is 0.244 e. The zero-order chi connectivity index (χ0) is 22.3. The van der Waals surface area contributed by atoms with Crippen molar-refractivity contribution >= 4 is 12.2 Å². The molecule has 0 saturated heterocycles. The van der Waals surface area contributed by atoms with E-state index in [0.717, 1.165) is 22.5 Å². The van der Waals surface area contributed by atoms with Crippen LogP contribution in [0, 0.1) is 0 Å². The fourth-order valence-corrected chi connectivity index (χ4v) is 3.17. The quantitative estimate of drug-likeness (QED) is 0.320. The summed E-state index contributed by atoms with van der Waals surface area (Å²) in [5.74, 6) is 1.22. The van der Waals surface area contributed by atoms with Crippen molar-refractivity contribution in [2.75, 3.05) is 19.6 Å². The normalized spacial score (nSPS) is 10.8. The largest absolute Gasteiger partial charge is 0.507 e. The van der Waals surface area contributed by atoms with Gasteiger partial charge in [0, 0.05) is 23.3 Å². The van der Waals surface area contributed by atoms with Gasteiger partial charge in [0.25, 0.3) is 0 Å². The maximum absolute atomic E-state index is 10.3. The molecule has 7 nitrogen and oxygen atoms in total. The third-order valence-corrected chi connectivity index (χ3v) is 4.77. The molecule has 0 aliphatic rings. The molecule has 0 atom stereocenters. The Bertz CT molecular complexity index is 1170. The minimum absolute atomic E-state index is 0.0179. The average molecular weight is 426 g/mol. The SMILES string of the molecule is COc1cc(O)c(/C=N/Nc2nc(-c3ccccc3)cc(-c3ccccc3)n2)c(OC)c1. The van der Waals surface area contributed by atoms with Crippen LogP contribution in [0.25, 0.3) is 22.5 Å². The van der Waals surface area contributed by atoms with Gasteiger partial charge in [-0.05, 0) is 6.07 Å². The van der Waals surface area contributed by atoms with Crippen molar-refractivity contribution in [3.63, 3.8) is 0 Å². The number of benzene rings is 3. The molecule has 0 aliphatic carbocycles. The summed E-state index contributed by atoms with van der Waals surface area (Å²) in [6, 6.07) is 24.8. The first-order chi connectivity index (χ1) is 15.7. The lowest BCUT2D eigenvalue weighted by atomic mass is 10.1. The topological polar surface area (TPSA) is 88.9 Å². The van der Waals surface area contributed by atoms with E-state index in [2.05, 4.69) is 20.5 Å². The first-order valence-electron chi connectivity index (χ1n) is 9.92.